The highest BCUT2D eigenvalue weighted by Crippen LogP contribution is 2.23. The van der Waals surface area contributed by atoms with Crippen molar-refractivity contribution in [1.29, 1.82) is 0 Å². The Balaban J connectivity index is 2.73. The highest BCUT2D eigenvalue weighted by molar-refractivity contribution is 7.98. The van der Waals surface area contributed by atoms with Gasteiger partial charge in [-0.05, 0) is 48.9 Å². The maximum absolute atomic E-state index is 5.81. The first-order valence-electron chi connectivity index (χ1n) is 5.04. The van der Waals surface area contributed by atoms with E-state index in [1.807, 2.05) is 11.8 Å². The highest BCUT2D eigenvalue weighted by atomic mass is 32.2. The van der Waals surface area contributed by atoms with Gasteiger partial charge in [0.2, 0.25) is 0 Å². The van der Waals surface area contributed by atoms with E-state index < -0.39 is 0 Å². The Morgan fingerprint density at radius 1 is 1.36 bits per heavy atom. The molecule has 0 heterocycles. The van der Waals surface area contributed by atoms with Crippen molar-refractivity contribution >= 4 is 11.8 Å². The molecule has 0 fully saturated rings. The van der Waals surface area contributed by atoms with Crippen LogP contribution in [-0.4, -0.2) is 18.6 Å². The van der Waals surface area contributed by atoms with E-state index in [4.69, 9.17) is 5.73 Å². The van der Waals surface area contributed by atoms with Gasteiger partial charge in [-0.1, -0.05) is 24.3 Å². The van der Waals surface area contributed by atoms with Gasteiger partial charge < -0.3 is 5.73 Å². The molecule has 0 spiro atoms. The second-order valence-corrected chi connectivity index (χ2v) is 4.56. The van der Waals surface area contributed by atoms with Crippen LogP contribution < -0.4 is 5.73 Å². The van der Waals surface area contributed by atoms with Crippen LogP contribution >= 0.6 is 11.8 Å². The van der Waals surface area contributed by atoms with Crippen LogP contribution in [0.4, 0.5) is 0 Å². The van der Waals surface area contributed by atoms with Crippen molar-refractivity contribution in [2.45, 2.75) is 19.3 Å². The van der Waals surface area contributed by atoms with Gasteiger partial charge in [-0.25, -0.2) is 0 Å². The minimum atomic E-state index is 0.531. The summed E-state index contributed by atoms with van der Waals surface area (Å²) in [6.07, 6.45) is 3.33. The zero-order chi connectivity index (χ0) is 10.4. The Labute approximate surface area is 91.1 Å². The molecule has 1 atom stereocenters. The third-order valence-corrected chi connectivity index (χ3v) is 3.23. The largest absolute Gasteiger partial charge is 0.330 e. The third kappa shape index (κ3) is 3.03. The SMILES string of the molecule is CSCCC(CN)c1ccccc1C. The molecule has 0 saturated heterocycles. The molecule has 0 saturated carbocycles. The van der Waals surface area contributed by atoms with Crippen LogP contribution in [0.3, 0.4) is 0 Å². The number of nitrogens with two attached hydrogens (primary N) is 1. The van der Waals surface area contributed by atoms with E-state index in [1.54, 1.807) is 0 Å². The van der Waals surface area contributed by atoms with Crippen LogP contribution in [-0.2, 0) is 0 Å². The van der Waals surface area contributed by atoms with Crippen molar-refractivity contribution in [3.05, 3.63) is 35.4 Å². The molecule has 1 aromatic rings. The summed E-state index contributed by atoms with van der Waals surface area (Å²) in [4.78, 5) is 0. The van der Waals surface area contributed by atoms with Gasteiger partial charge >= 0.3 is 0 Å². The molecular formula is C12H19NS. The molecule has 0 bridgehead atoms. The fourth-order valence-corrected chi connectivity index (χ4v) is 2.23. The lowest BCUT2D eigenvalue weighted by atomic mass is 9.93. The molecular weight excluding hydrogens is 190 g/mol. The molecule has 0 aliphatic carbocycles. The van der Waals surface area contributed by atoms with Gasteiger partial charge in [0.25, 0.3) is 0 Å². The van der Waals surface area contributed by atoms with Crippen molar-refractivity contribution in [1.82, 2.24) is 0 Å². The topological polar surface area (TPSA) is 26.0 Å². The molecule has 2 N–H and O–H groups in total. The summed E-state index contributed by atoms with van der Waals surface area (Å²) >= 11 is 1.89. The molecule has 0 aliphatic heterocycles. The average molecular weight is 209 g/mol. The van der Waals surface area contributed by atoms with Crippen molar-refractivity contribution in [2.75, 3.05) is 18.6 Å². The number of benzene rings is 1. The minimum absolute atomic E-state index is 0.531. The Bertz CT molecular complexity index is 273. The second-order valence-electron chi connectivity index (χ2n) is 3.57. The molecule has 0 aliphatic rings. The number of rotatable bonds is 5. The van der Waals surface area contributed by atoms with Crippen molar-refractivity contribution in [3.63, 3.8) is 0 Å². The Morgan fingerprint density at radius 2 is 2.07 bits per heavy atom. The maximum Gasteiger partial charge on any atom is -0.000784 e. The molecule has 0 amide bonds. The predicted molar refractivity (Wildman–Crippen MR) is 66.0 cm³/mol. The molecule has 2 heteroatoms. The van der Waals surface area contributed by atoms with Crippen LogP contribution in [0.5, 0.6) is 0 Å². The van der Waals surface area contributed by atoms with E-state index in [-0.39, 0.29) is 0 Å². The van der Waals surface area contributed by atoms with Crippen LogP contribution in [0.2, 0.25) is 0 Å². The number of thioether (sulfide) groups is 1. The van der Waals surface area contributed by atoms with Crippen LogP contribution in [0.15, 0.2) is 24.3 Å². The normalized spacial score (nSPS) is 12.8. The van der Waals surface area contributed by atoms with Crippen molar-refractivity contribution in [2.24, 2.45) is 5.73 Å². The number of aryl methyl sites for hydroxylation is 1. The zero-order valence-electron chi connectivity index (χ0n) is 8.99. The summed E-state index contributed by atoms with van der Waals surface area (Å²) in [7, 11) is 0. The molecule has 1 aromatic carbocycles. The average Bonchev–Trinajstić information content (AvgIpc) is 2.21. The van der Waals surface area contributed by atoms with Gasteiger partial charge in [0.1, 0.15) is 0 Å². The van der Waals surface area contributed by atoms with E-state index >= 15 is 0 Å². The van der Waals surface area contributed by atoms with Gasteiger partial charge in [-0.2, -0.15) is 11.8 Å². The van der Waals surface area contributed by atoms with Crippen molar-refractivity contribution in [3.8, 4) is 0 Å². The number of hydrogen-bond donors (Lipinski definition) is 1. The van der Waals surface area contributed by atoms with Gasteiger partial charge in [-0.3, -0.25) is 0 Å². The quantitative estimate of drug-likeness (QED) is 0.807. The Morgan fingerprint density at radius 3 is 2.64 bits per heavy atom. The molecule has 1 rings (SSSR count). The lowest BCUT2D eigenvalue weighted by Gasteiger charge is -2.16. The number of hydrogen-bond acceptors (Lipinski definition) is 2. The smallest absolute Gasteiger partial charge is 0.000784 e. The summed E-state index contributed by atoms with van der Waals surface area (Å²) in [5.41, 5.74) is 8.59. The van der Waals surface area contributed by atoms with Gasteiger partial charge in [0.05, 0.1) is 0 Å². The van der Waals surface area contributed by atoms with E-state index in [0.29, 0.717) is 5.92 Å². The zero-order valence-corrected chi connectivity index (χ0v) is 9.81. The summed E-state index contributed by atoms with van der Waals surface area (Å²) in [6, 6.07) is 8.55. The first-order valence-corrected chi connectivity index (χ1v) is 6.43. The summed E-state index contributed by atoms with van der Waals surface area (Å²) in [5.74, 6) is 1.72. The second kappa shape index (κ2) is 6.10. The van der Waals surface area contributed by atoms with Gasteiger partial charge in [0, 0.05) is 0 Å². The molecule has 0 radical (unpaired) electrons. The molecule has 1 nitrogen and oxygen atoms in total. The Kier molecular flexibility index (Phi) is 5.05. The fraction of sp³-hybridized carbons (Fsp3) is 0.500. The summed E-state index contributed by atoms with van der Waals surface area (Å²) in [6.45, 7) is 2.92. The summed E-state index contributed by atoms with van der Waals surface area (Å²) < 4.78 is 0. The van der Waals surface area contributed by atoms with E-state index in [9.17, 15) is 0 Å². The minimum Gasteiger partial charge on any atom is -0.330 e. The lowest BCUT2D eigenvalue weighted by Crippen LogP contribution is -2.14. The fourth-order valence-electron chi connectivity index (χ4n) is 1.71. The Hall–Kier alpha value is -0.470. The standard InChI is InChI=1S/C12H19NS/c1-10-5-3-4-6-12(10)11(9-13)7-8-14-2/h3-6,11H,7-9,13H2,1-2H3. The first-order chi connectivity index (χ1) is 6.79. The lowest BCUT2D eigenvalue weighted by molar-refractivity contribution is 0.676. The van der Waals surface area contributed by atoms with E-state index in [2.05, 4.69) is 37.4 Å². The molecule has 78 valence electrons. The highest BCUT2D eigenvalue weighted by Gasteiger charge is 2.10. The third-order valence-electron chi connectivity index (χ3n) is 2.58. The molecule has 1 unspecified atom stereocenters. The maximum atomic E-state index is 5.81. The molecule has 14 heavy (non-hydrogen) atoms. The monoisotopic (exact) mass is 209 g/mol. The van der Waals surface area contributed by atoms with Gasteiger partial charge in [0.15, 0.2) is 0 Å². The predicted octanol–water partition coefficient (Wildman–Crippen LogP) is 2.79. The summed E-state index contributed by atoms with van der Waals surface area (Å²) in [5, 5.41) is 0. The van der Waals surface area contributed by atoms with Crippen molar-refractivity contribution < 1.29 is 0 Å². The van der Waals surface area contributed by atoms with Crippen LogP contribution in [0.25, 0.3) is 0 Å². The first kappa shape index (κ1) is 11.6. The van der Waals surface area contributed by atoms with E-state index in [0.717, 1.165) is 6.54 Å². The van der Waals surface area contributed by atoms with E-state index in [1.165, 1.54) is 23.3 Å². The van der Waals surface area contributed by atoms with Crippen LogP contribution in [0.1, 0.15) is 23.5 Å². The van der Waals surface area contributed by atoms with Crippen LogP contribution in [0, 0.1) is 6.92 Å². The van der Waals surface area contributed by atoms with Gasteiger partial charge in [-0.15, -0.1) is 0 Å². The molecule has 0 aromatic heterocycles.